The van der Waals surface area contributed by atoms with Crippen LogP contribution in [0.1, 0.15) is 0 Å². The van der Waals surface area contributed by atoms with Crippen molar-refractivity contribution in [2.24, 2.45) is 7.05 Å². The minimum absolute atomic E-state index is 0. The van der Waals surface area contributed by atoms with Crippen LogP contribution in [0, 0.1) is 18.9 Å². The average molecular weight is 682 g/mol. The van der Waals surface area contributed by atoms with Crippen LogP contribution in [-0.2, 0) is 27.2 Å². The molecular weight excluding hydrogens is 657 g/mol. The van der Waals surface area contributed by atoms with Gasteiger partial charge in [0, 0.05) is 6.20 Å². The molecule has 190 valence electrons. The van der Waals surface area contributed by atoms with E-state index in [1.165, 1.54) is 43.1 Å². The zero-order chi connectivity index (χ0) is 25.6. The molecule has 0 fully saturated rings. The average Bonchev–Trinajstić information content (AvgIpc) is 3.58. The number of hydrogen-bond acceptors (Lipinski definition) is 3. The minimum atomic E-state index is 0. The molecular formula is C34H25IrN4. The second kappa shape index (κ2) is 10.2. The van der Waals surface area contributed by atoms with Gasteiger partial charge in [0.15, 0.2) is 0 Å². The summed E-state index contributed by atoms with van der Waals surface area (Å²) in [6, 6.07) is 32.9. The van der Waals surface area contributed by atoms with Gasteiger partial charge in [0.2, 0.25) is 0 Å². The Hall–Kier alpha value is -4.18. The molecule has 5 aromatic carbocycles. The van der Waals surface area contributed by atoms with E-state index in [-0.39, 0.29) is 20.1 Å². The summed E-state index contributed by atoms with van der Waals surface area (Å²) in [5.74, 6) is 0. The summed E-state index contributed by atoms with van der Waals surface area (Å²) in [7, 11) is 4.02. The Morgan fingerprint density at radius 2 is 1.51 bits per heavy atom. The summed E-state index contributed by atoms with van der Waals surface area (Å²) in [5, 5.41) is 11.1. The van der Waals surface area contributed by atoms with E-state index in [1.807, 2.05) is 84.1 Å². The van der Waals surface area contributed by atoms with Gasteiger partial charge in [-0.1, -0.05) is 60.1 Å². The van der Waals surface area contributed by atoms with Crippen molar-refractivity contribution in [3.05, 3.63) is 129 Å². The van der Waals surface area contributed by atoms with Gasteiger partial charge in [0.25, 0.3) is 0 Å². The second-order valence-electron chi connectivity index (χ2n) is 9.68. The van der Waals surface area contributed by atoms with E-state index in [0.717, 1.165) is 16.6 Å². The summed E-state index contributed by atoms with van der Waals surface area (Å²) in [6.45, 7) is 2.01. The van der Waals surface area contributed by atoms with Crippen molar-refractivity contribution in [1.29, 1.82) is 0 Å². The van der Waals surface area contributed by atoms with Gasteiger partial charge in [-0.3, -0.25) is 0 Å². The van der Waals surface area contributed by atoms with Crippen LogP contribution in [0.2, 0.25) is 0 Å². The maximum Gasteiger partial charge on any atom is 3.00 e. The molecule has 4 nitrogen and oxygen atoms in total. The molecule has 0 bridgehead atoms. The molecule has 0 aliphatic carbocycles. The van der Waals surface area contributed by atoms with Crippen LogP contribution in [-0.4, -0.2) is 21.5 Å². The van der Waals surface area contributed by atoms with Crippen LogP contribution in [0.25, 0.3) is 54.0 Å². The Morgan fingerprint density at radius 3 is 2.33 bits per heavy atom. The first-order valence-corrected chi connectivity index (χ1v) is 12.7. The molecule has 3 heterocycles. The van der Waals surface area contributed by atoms with Crippen molar-refractivity contribution >= 4 is 59.7 Å². The maximum atomic E-state index is 4.66. The number of rotatable bonds is 1. The van der Waals surface area contributed by atoms with E-state index in [9.17, 15) is 0 Å². The van der Waals surface area contributed by atoms with Crippen LogP contribution < -0.4 is 4.90 Å². The zero-order valence-electron chi connectivity index (χ0n) is 21.6. The quantitative estimate of drug-likeness (QED) is 0.100. The van der Waals surface area contributed by atoms with Crippen LogP contribution in [0.4, 0.5) is 5.69 Å². The van der Waals surface area contributed by atoms with Crippen molar-refractivity contribution in [1.82, 2.24) is 14.5 Å². The van der Waals surface area contributed by atoms with E-state index in [4.69, 9.17) is 0 Å². The Balaban J connectivity index is 0.000000180. The van der Waals surface area contributed by atoms with Crippen LogP contribution in [0.5, 0.6) is 0 Å². The first-order valence-electron chi connectivity index (χ1n) is 12.7. The number of benzene rings is 5. The molecule has 0 saturated heterocycles. The van der Waals surface area contributed by atoms with Crippen LogP contribution >= 0.6 is 0 Å². The third-order valence-electron chi connectivity index (χ3n) is 7.13. The van der Waals surface area contributed by atoms with Crippen molar-refractivity contribution in [2.75, 3.05) is 11.9 Å². The number of anilines is 1. The van der Waals surface area contributed by atoms with Gasteiger partial charge in [0.05, 0.1) is 0 Å². The smallest absolute Gasteiger partial charge is 0.510 e. The van der Waals surface area contributed by atoms with Gasteiger partial charge in [0.1, 0.15) is 0 Å². The predicted molar refractivity (Wildman–Crippen MR) is 159 cm³/mol. The topological polar surface area (TPSA) is 24.3 Å². The molecule has 39 heavy (non-hydrogen) atoms. The van der Waals surface area contributed by atoms with Gasteiger partial charge >= 0.3 is 20.1 Å². The predicted octanol–water partition coefficient (Wildman–Crippen LogP) is 7.81. The van der Waals surface area contributed by atoms with Gasteiger partial charge in [-0.15, -0.1) is 22.7 Å². The van der Waals surface area contributed by atoms with E-state index < -0.39 is 0 Å². The molecule has 7 aromatic rings. The summed E-state index contributed by atoms with van der Waals surface area (Å²) in [5.41, 5.74) is 2.09. The monoisotopic (exact) mass is 682 g/mol. The number of fused-ring (bicyclic) bond motifs is 9. The third kappa shape index (κ3) is 4.44. The SMILES string of the molecule is CN1C=CN(c2[c-]cccc2)[CH-]1.Cn1[c-]c2c(c1)c1cc3c(ccc4ccccc43)cc1c1cccnc21.[Ir+3]. The van der Waals surface area contributed by atoms with Gasteiger partial charge in [-0.05, 0) is 76.5 Å². The standard InChI is InChI=1S/C24H15N2.C10H10N2.Ir/c1-26-13-22-21-12-19-16(9-8-15-5-2-3-6-17(15)19)11-20(21)18-7-4-10-25-24(18)23(22)14-26;1-11-7-8-12(9-11)10-5-3-2-4-6-10;/h2-13H,1H3;2-5,7-9H,1H3;/q-1;-2;+3. The fourth-order valence-corrected chi connectivity index (χ4v) is 5.37. The van der Waals surface area contributed by atoms with Crippen molar-refractivity contribution in [2.45, 2.75) is 0 Å². The van der Waals surface area contributed by atoms with Gasteiger partial charge in [-0.25, -0.2) is 0 Å². The fraction of sp³-hybridized carbons (Fsp3) is 0.0588. The Labute approximate surface area is 241 Å². The molecule has 0 radical (unpaired) electrons. The molecule has 1 aliphatic rings. The molecule has 2 aromatic heterocycles. The molecule has 0 N–H and O–H groups in total. The molecule has 5 heteroatoms. The first-order chi connectivity index (χ1) is 18.7. The normalized spacial score (nSPS) is 12.9. The van der Waals surface area contributed by atoms with E-state index in [2.05, 4.69) is 78.0 Å². The molecule has 0 atom stereocenters. The third-order valence-corrected chi connectivity index (χ3v) is 7.13. The maximum absolute atomic E-state index is 4.66. The number of hydrogen-bond donors (Lipinski definition) is 0. The number of aryl methyl sites for hydroxylation is 1. The Morgan fingerprint density at radius 1 is 0.718 bits per heavy atom. The molecule has 0 amide bonds. The summed E-state index contributed by atoms with van der Waals surface area (Å²) in [6.07, 6.45) is 11.5. The summed E-state index contributed by atoms with van der Waals surface area (Å²) >= 11 is 0. The number of aromatic nitrogens is 2. The van der Waals surface area contributed by atoms with E-state index >= 15 is 0 Å². The number of nitrogens with zero attached hydrogens (tertiary/aromatic N) is 4. The van der Waals surface area contributed by atoms with E-state index in [0.29, 0.717) is 0 Å². The molecule has 0 spiro atoms. The van der Waals surface area contributed by atoms with Crippen LogP contribution in [0.3, 0.4) is 0 Å². The Kier molecular flexibility index (Phi) is 6.56. The Bertz CT molecular complexity index is 1990. The molecule has 0 saturated carbocycles. The van der Waals surface area contributed by atoms with Crippen molar-refractivity contribution in [3.8, 4) is 0 Å². The first kappa shape index (κ1) is 25.1. The largest absolute Gasteiger partial charge is 3.00 e. The van der Waals surface area contributed by atoms with Gasteiger partial charge in [-0.2, -0.15) is 37.0 Å². The van der Waals surface area contributed by atoms with E-state index in [1.54, 1.807) is 0 Å². The molecule has 0 unspecified atom stereocenters. The number of pyridine rings is 1. The minimum Gasteiger partial charge on any atom is -0.510 e. The van der Waals surface area contributed by atoms with Crippen LogP contribution in [0.15, 0.2) is 110 Å². The molecule has 8 rings (SSSR count). The fourth-order valence-electron chi connectivity index (χ4n) is 5.37. The molecule has 1 aliphatic heterocycles. The summed E-state index contributed by atoms with van der Waals surface area (Å²) in [4.78, 5) is 8.69. The van der Waals surface area contributed by atoms with Crippen molar-refractivity contribution in [3.63, 3.8) is 0 Å². The van der Waals surface area contributed by atoms with Gasteiger partial charge < -0.3 is 19.4 Å². The number of para-hydroxylation sites is 1. The summed E-state index contributed by atoms with van der Waals surface area (Å²) < 4.78 is 2.01. The van der Waals surface area contributed by atoms with Crippen molar-refractivity contribution < 1.29 is 20.1 Å². The second-order valence-corrected chi connectivity index (χ2v) is 9.68. The zero-order valence-corrected chi connectivity index (χ0v) is 24.0.